The van der Waals surface area contributed by atoms with E-state index in [2.05, 4.69) is 12.2 Å². The summed E-state index contributed by atoms with van der Waals surface area (Å²) in [5.74, 6) is 0.669. The zero-order valence-electron chi connectivity index (χ0n) is 14.3. The van der Waals surface area contributed by atoms with E-state index in [0.717, 1.165) is 35.1 Å². The Hall–Kier alpha value is -2.07. The van der Waals surface area contributed by atoms with Crippen LogP contribution in [0, 0.1) is 0 Å². The lowest BCUT2D eigenvalue weighted by molar-refractivity contribution is -0.136. The fraction of sp³-hybridized carbons (Fsp3) is 0.421. The Balaban J connectivity index is 2.33. The van der Waals surface area contributed by atoms with Crippen LogP contribution in [0.2, 0.25) is 0 Å². The molecular weight excluding hydrogens is 290 g/mol. The molecule has 0 aliphatic carbocycles. The van der Waals surface area contributed by atoms with Gasteiger partial charge in [-0.15, -0.1) is 0 Å². The molecular formula is C19H25NO3. The predicted octanol–water partition coefficient (Wildman–Crippen LogP) is 4.38. The molecule has 2 aromatic carbocycles. The van der Waals surface area contributed by atoms with Crippen LogP contribution >= 0.6 is 0 Å². The van der Waals surface area contributed by atoms with Gasteiger partial charge in [-0.3, -0.25) is 4.79 Å². The second-order valence-corrected chi connectivity index (χ2v) is 5.85. The van der Waals surface area contributed by atoms with E-state index in [1.165, 1.54) is 0 Å². The molecule has 1 amide bonds. The largest absolute Gasteiger partial charge is 0.496 e. The molecule has 2 aromatic rings. The van der Waals surface area contributed by atoms with Crippen molar-refractivity contribution in [2.24, 2.45) is 0 Å². The Morgan fingerprint density at radius 1 is 1.13 bits per heavy atom. The molecule has 0 aliphatic rings. The van der Waals surface area contributed by atoms with E-state index in [4.69, 9.17) is 9.47 Å². The van der Waals surface area contributed by atoms with E-state index >= 15 is 0 Å². The average Bonchev–Trinajstić information content (AvgIpc) is 2.59. The number of anilines is 1. The SMILES string of the molecule is CCCCC(C)(OC)C(=O)Nc1ccc(OC)c2ccccc12. The standard InChI is InChI=1S/C19H25NO3/c1-5-6-13-19(2,23-4)18(21)20-16-11-12-17(22-3)15-10-8-7-9-14(15)16/h7-12H,5-6,13H2,1-4H3,(H,20,21). The van der Waals surface area contributed by atoms with Crippen LogP contribution < -0.4 is 10.1 Å². The van der Waals surface area contributed by atoms with Crippen molar-refractivity contribution in [1.82, 2.24) is 0 Å². The van der Waals surface area contributed by atoms with Crippen LogP contribution in [0.4, 0.5) is 5.69 Å². The summed E-state index contributed by atoms with van der Waals surface area (Å²) in [6, 6.07) is 11.6. The number of benzene rings is 2. The van der Waals surface area contributed by atoms with Gasteiger partial charge in [0.1, 0.15) is 11.4 Å². The first-order valence-electron chi connectivity index (χ1n) is 7.98. The molecule has 1 atom stereocenters. The van der Waals surface area contributed by atoms with Gasteiger partial charge in [0.05, 0.1) is 7.11 Å². The highest BCUT2D eigenvalue weighted by Crippen LogP contribution is 2.32. The first-order valence-corrected chi connectivity index (χ1v) is 7.98. The van der Waals surface area contributed by atoms with Crippen molar-refractivity contribution in [2.75, 3.05) is 19.5 Å². The van der Waals surface area contributed by atoms with Crippen molar-refractivity contribution in [3.63, 3.8) is 0 Å². The van der Waals surface area contributed by atoms with Gasteiger partial charge in [0, 0.05) is 23.6 Å². The maximum absolute atomic E-state index is 12.7. The predicted molar refractivity (Wildman–Crippen MR) is 94.1 cm³/mol. The molecule has 4 heteroatoms. The molecule has 23 heavy (non-hydrogen) atoms. The van der Waals surface area contributed by atoms with Gasteiger partial charge in [-0.2, -0.15) is 0 Å². The quantitative estimate of drug-likeness (QED) is 0.824. The molecule has 2 rings (SSSR count). The summed E-state index contributed by atoms with van der Waals surface area (Å²) in [6.45, 7) is 3.94. The van der Waals surface area contributed by atoms with E-state index in [9.17, 15) is 4.79 Å². The molecule has 0 saturated heterocycles. The number of amides is 1. The molecule has 0 radical (unpaired) electrons. The Morgan fingerprint density at radius 3 is 2.43 bits per heavy atom. The normalized spacial score (nSPS) is 13.6. The number of carbonyl (C=O) groups is 1. The van der Waals surface area contributed by atoms with Crippen molar-refractivity contribution < 1.29 is 14.3 Å². The third-order valence-corrected chi connectivity index (χ3v) is 4.29. The third-order valence-electron chi connectivity index (χ3n) is 4.29. The summed E-state index contributed by atoms with van der Waals surface area (Å²) in [5, 5.41) is 4.94. The fourth-order valence-electron chi connectivity index (χ4n) is 2.64. The van der Waals surface area contributed by atoms with Crippen LogP contribution in [0.5, 0.6) is 5.75 Å². The lowest BCUT2D eigenvalue weighted by Gasteiger charge is -2.27. The second kappa shape index (κ2) is 7.47. The number of nitrogens with one attached hydrogen (secondary N) is 1. The average molecular weight is 315 g/mol. The molecule has 0 spiro atoms. The minimum atomic E-state index is -0.822. The molecule has 4 nitrogen and oxygen atoms in total. The summed E-state index contributed by atoms with van der Waals surface area (Å²) in [7, 11) is 3.23. The van der Waals surface area contributed by atoms with E-state index < -0.39 is 5.60 Å². The Bertz CT molecular complexity index is 683. The van der Waals surface area contributed by atoms with E-state index in [1.807, 2.05) is 43.3 Å². The lowest BCUT2D eigenvalue weighted by Crippen LogP contribution is -2.42. The maximum Gasteiger partial charge on any atom is 0.256 e. The Morgan fingerprint density at radius 2 is 1.83 bits per heavy atom. The van der Waals surface area contributed by atoms with Gasteiger partial charge in [-0.05, 0) is 25.5 Å². The molecule has 1 unspecified atom stereocenters. The molecule has 0 saturated carbocycles. The van der Waals surface area contributed by atoms with Crippen molar-refractivity contribution >= 4 is 22.4 Å². The van der Waals surface area contributed by atoms with Gasteiger partial charge < -0.3 is 14.8 Å². The van der Waals surface area contributed by atoms with Gasteiger partial charge in [-0.25, -0.2) is 0 Å². The van der Waals surface area contributed by atoms with Crippen molar-refractivity contribution in [2.45, 2.75) is 38.7 Å². The van der Waals surface area contributed by atoms with E-state index in [0.29, 0.717) is 6.42 Å². The molecule has 0 bridgehead atoms. The van der Waals surface area contributed by atoms with E-state index in [1.54, 1.807) is 14.2 Å². The van der Waals surface area contributed by atoms with Crippen LogP contribution in [0.1, 0.15) is 33.1 Å². The molecule has 0 aromatic heterocycles. The summed E-state index contributed by atoms with van der Waals surface area (Å²) in [6.07, 6.45) is 2.67. The van der Waals surface area contributed by atoms with Crippen LogP contribution in [0.25, 0.3) is 10.8 Å². The molecule has 124 valence electrons. The zero-order chi connectivity index (χ0) is 16.9. The summed E-state index contributed by atoms with van der Waals surface area (Å²) in [5.41, 5.74) is -0.0528. The maximum atomic E-state index is 12.7. The van der Waals surface area contributed by atoms with E-state index in [-0.39, 0.29) is 5.91 Å². The van der Waals surface area contributed by atoms with Crippen molar-refractivity contribution in [3.8, 4) is 5.75 Å². The number of unbranched alkanes of at least 4 members (excludes halogenated alkanes) is 1. The minimum Gasteiger partial charge on any atom is -0.496 e. The number of hydrogen-bond acceptors (Lipinski definition) is 3. The number of carbonyl (C=O) groups excluding carboxylic acids is 1. The van der Waals surface area contributed by atoms with Crippen molar-refractivity contribution in [1.29, 1.82) is 0 Å². The Labute approximate surface area is 137 Å². The number of methoxy groups -OCH3 is 2. The first kappa shape index (κ1) is 17.3. The van der Waals surface area contributed by atoms with Crippen LogP contribution in [0.3, 0.4) is 0 Å². The highest BCUT2D eigenvalue weighted by molar-refractivity contribution is 6.06. The monoisotopic (exact) mass is 315 g/mol. The molecule has 0 aliphatic heterocycles. The number of rotatable bonds is 7. The number of fused-ring (bicyclic) bond motifs is 1. The third kappa shape index (κ3) is 3.64. The number of hydrogen-bond donors (Lipinski definition) is 1. The second-order valence-electron chi connectivity index (χ2n) is 5.85. The minimum absolute atomic E-state index is 0.122. The van der Waals surface area contributed by atoms with Gasteiger partial charge in [0.2, 0.25) is 0 Å². The zero-order valence-corrected chi connectivity index (χ0v) is 14.3. The first-order chi connectivity index (χ1) is 11.1. The van der Waals surface area contributed by atoms with Gasteiger partial charge >= 0.3 is 0 Å². The Kier molecular flexibility index (Phi) is 5.61. The molecule has 1 N–H and O–H groups in total. The summed E-state index contributed by atoms with van der Waals surface area (Å²) in [4.78, 5) is 12.7. The van der Waals surface area contributed by atoms with Gasteiger partial charge in [0.25, 0.3) is 5.91 Å². The van der Waals surface area contributed by atoms with Crippen molar-refractivity contribution in [3.05, 3.63) is 36.4 Å². The summed E-state index contributed by atoms with van der Waals surface area (Å²) >= 11 is 0. The molecule has 0 heterocycles. The summed E-state index contributed by atoms with van der Waals surface area (Å²) < 4.78 is 10.9. The molecule has 0 fully saturated rings. The highest BCUT2D eigenvalue weighted by Gasteiger charge is 2.32. The van der Waals surface area contributed by atoms with Gasteiger partial charge in [-0.1, -0.05) is 44.0 Å². The topological polar surface area (TPSA) is 47.6 Å². The lowest BCUT2D eigenvalue weighted by atomic mass is 9.97. The highest BCUT2D eigenvalue weighted by atomic mass is 16.5. The smallest absolute Gasteiger partial charge is 0.256 e. The van der Waals surface area contributed by atoms with Crippen LogP contribution in [0.15, 0.2) is 36.4 Å². The van der Waals surface area contributed by atoms with Gasteiger partial charge in [0.15, 0.2) is 0 Å². The van der Waals surface area contributed by atoms with Crippen LogP contribution in [-0.2, 0) is 9.53 Å². The van der Waals surface area contributed by atoms with Crippen LogP contribution in [-0.4, -0.2) is 25.7 Å². The fourth-order valence-corrected chi connectivity index (χ4v) is 2.64. The number of ether oxygens (including phenoxy) is 2.